The van der Waals surface area contributed by atoms with E-state index in [1.54, 1.807) is 12.1 Å². The highest BCUT2D eigenvalue weighted by Gasteiger charge is 2.54. The molecule has 4 saturated heterocycles. The molecule has 0 saturated carbocycles. The first-order valence-electron chi connectivity index (χ1n) is 9.99. The normalized spacial score (nSPS) is 31.8. The average Bonchev–Trinajstić information content (AvgIpc) is 3.12. The number of carbonyl (C=O) groups excluding carboxylic acids is 1. The van der Waals surface area contributed by atoms with Gasteiger partial charge in [-0.3, -0.25) is 9.69 Å². The second kappa shape index (κ2) is 6.45. The minimum Gasteiger partial charge on any atom is -0.333 e. The van der Waals surface area contributed by atoms with E-state index in [-0.39, 0.29) is 23.7 Å². The van der Waals surface area contributed by atoms with E-state index in [9.17, 15) is 9.18 Å². The van der Waals surface area contributed by atoms with Gasteiger partial charge in [-0.2, -0.15) is 0 Å². The smallest absolute Gasteiger partial charge is 0.254 e. The Morgan fingerprint density at radius 2 is 1.78 bits per heavy atom. The minimum absolute atomic E-state index is 0.145. The summed E-state index contributed by atoms with van der Waals surface area (Å²) < 4.78 is 13.4. The van der Waals surface area contributed by atoms with Gasteiger partial charge in [0.05, 0.1) is 6.04 Å². The fourth-order valence-electron chi connectivity index (χ4n) is 5.60. The van der Waals surface area contributed by atoms with E-state index in [1.807, 2.05) is 43.3 Å². The fraction of sp³-hybridized carbons (Fsp3) is 0.435. The van der Waals surface area contributed by atoms with Crippen molar-refractivity contribution >= 4 is 5.91 Å². The molecule has 2 aromatic carbocycles. The van der Waals surface area contributed by atoms with Gasteiger partial charge >= 0.3 is 0 Å². The van der Waals surface area contributed by atoms with Crippen LogP contribution in [0.2, 0.25) is 0 Å². The molecular formula is C23H25FN2O. The molecule has 3 atom stereocenters. The lowest BCUT2D eigenvalue weighted by molar-refractivity contribution is -0.00341. The molecule has 1 amide bonds. The van der Waals surface area contributed by atoms with Crippen LogP contribution in [0.5, 0.6) is 0 Å². The second-order valence-electron chi connectivity index (χ2n) is 8.34. The predicted octanol–water partition coefficient (Wildman–Crippen LogP) is 3.84. The van der Waals surface area contributed by atoms with Gasteiger partial charge in [0.25, 0.3) is 5.91 Å². The molecule has 2 aromatic rings. The number of hydrogen-bond acceptors (Lipinski definition) is 2. The van der Waals surface area contributed by atoms with E-state index in [0.29, 0.717) is 12.0 Å². The van der Waals surface area contributed by atoms with Crippen molar-refractivity contribution < 1.29 is 9.18 Å². The summed E-state index contributed by atoms with van der Waals surface area (Å²) in [5.74, 6) is 0.783. The molecule has 6 rings (SSSR count). The Morgan fingerprint density at radius 1 is 1.04 bits per heavy atom. The van der Waals surface area contributed by atoms with Gasteiger partial charge in [-0.05, 0) is 68.6 Å². The Bertz CT molecular complexity index is 857. The Kier molecular flexibility index (Phi) is 4.05. The molecule has 4 aliphatic rings. The van der Waals surface area contributed by atoms with Crippen molar-refractivity contribution in [3.63, 3.8) is 0 Å². The van der Waals surface area contributed by atoms with E-state index >= 15 is 0 Å². The quantitative estimate of drug-likeness (QED) is 0.808. The number of carbonyl (C=O) groups is 1. The molecule has 0 radical (unpaired) electrons. The molecular weight excluding hydrogens is 339 g/mol. The first-order chi connectivity index (χ1) is 13.1. The topological polar surface area (TPSA) is 23.6 Å². The molecule has 4 fully saturated rings. The molecule has 4 heteroatoms. The van der Waals surface area contributed by atoms with Crippen molar-refractivity contribution in [3.05, 3.63) is 71.0 Å². The summed E-state index contributed by atoms with van der Waals surface area (Å²) in [6, 6.07) is 15.4. The van der Waals surface area contributed by atoms with Crippen LogP contribution in [0.25, 0.3) is 0 Å². The third-order valence-corrected chi connectivity index (χ3v) is 6.82. The van der Waals surface area contributed by atoms with E-state index in [1.165, 1.54) is 12.8 Å². The summed E-state index contributed by atoms with van der Waals surface area (Å²) >= 11 is 0. The maximum atomic E-state index is 13.4. The number of piperidine rings is 3. The lowest BCUT2D eigenvalue weighted by atomic mass is 9.75. The molecule has 2 bridgehead atoms. The third kappa shape index (κ3) is 2.78. The van der Waals surface area contributed by atoms with Crippen LogP contribution >= 0.6 is 0 Å². The number of amides is 1. The Morgan fingerprint density at radius 3 is 2.48 bits per heavy atom. The number of nitrogens with zero attached hydrogens (tertiary/aromatic N) is 2. The number of aryl methyl sites for hydroxylation is 1. The molecule has 0 spiro atoms. The largest absolute Gasteiger partial charge is 0.333 e. The van der Waals surface area contributed by atoms with Gasteiger partial charge in [-0.15, -0.1) is 0 Å². The molecule has 3 nitrogen and oxygen atoms in total. The zero-order valence-electron chi connectivity index (χ0n) is 15.6. The van der Waals surface area contributed by atoms with Crippen molar-refractivity contribution in [2.45, 2.75) is 37.8 Å². The third-order valence-electron chi connectivity index (χ3n) is 6.82. The standard InChI is InChI=1S/C23H25FN2O/c1-15-3-2-4-18(13-15)23(27)26-14-20(16-5-7-19(24)8-6-16)22-21(26)17-9-11-25(22)12-10-17/h2-8,13,17,20-22H,9-12,14H2,1H3/t20-,21+,22+/m1/s1. The van der Waals surface area contributed by atoms with E-state index in [2.05, 4.69) is 9.80 Å². The van der Waals surface area contributed by atoms with Gasteiger partial charge in [0.15, 0.2) is 0 Å². The number of likely N-dealkylation sites (tertiary alicyclic amines) is 1. The van der Waals surface area contributed by atoms with Gasteiger partial charge in [0, 0.05) is 24.1 Å². The van der Waals surface area contributed by atoms with Crippen molar-refractivity contribution in [1.29, 1.82) is 0 Å². The molecule has 0 unspecified atom stereocenters. The van der Waals surface area contributed by atoms with Crippen LogP contribution in [0, 0.1) is 18.7 Å². The van der Waals surface area contributed by atoms with Crippen molar-refractivity contribution in [1.82, 2.24) is 9.80 Å². The number of benzene rings is 2. The van der Waals surface area contributed by atoms with Crippen LogP contribution in [0.3, 0.4) is 0 Å². The van der Waals surface area contributed by atoms with Crippen molar-refractivity contribution in [2.75, 3.05) is 19.6 Å². The maximum Gasteiger partial charge on any atom is 0.254 e. The van der Waals surface area contributed by atoms with Gasteiger partial charge in [0.1, 0.15) is 5.82 Å². The summed E-state index contributed by atoms with van der Waals surface area (Å²) in [4.78, 5) is 18.1. The van der Waals surface area contributed by atoms with Crippen LogP contribution in [-0.2, 0) is 0 Å². The highest BCUT2D eigenvalue weighted by Crippen LogP contribution is 2.46. The summed E-state index contributed by atoms with van der Waals surface area (Å²) in [6.45, 7) is 4.99. The maximum absolute atomic E-state index is 13.4. The van der Waals surface area contributed by atoms with Crippen LogP contribution in [0.1, 0.15) is 40.2 Å². The van der Waals surface area contributed by atoms with Crippen LogP contribution < -0.4 is 0 Å². The van der Waals surface area contributed by atoms with Crippen LogP contribution in [0.4, 0.5) is 4.39 Å². The Labute approximate surface area is 159 Å². The second-order valence-corrected chi connectivity index (χ2v) is 8.34. The SMILES string of the molecule is Cc1cccc(C(=O)N2C[C@H](c3ccc(F)cc3)[C@H]3[C@@H]2C2CCN3CC2)c1. The van der Waals surface area contributed by atoms with Crippen LogP contribution in [-0.4, -0.2) is 47.4 Å². The number of fused-ring (bicyclic) bond motifs is 2. The summed E-state index contributed by atoms with van der Waals surface area (Å²) in [5, 5.41) is 0. The first kappa shape index (κ1) is 16.9. The van der Waals surface area contributed by atoms with Gasteiger partial charge < -0.3 is 4.90 Å². The summed E-state index contributed by atoms with van der Waals surface area (Å²) in [7, 11) is 0. The minimum atomic E-state index is -0.202. The molecule has 4 heterocycles. The Balaban J connectivity index is 1.52. The van der Waals surface area contributed by atoms with Crippen molar-refractivity contribution in [3.8, 4) is 0 Å². The fourth-order valence-corrected chi connectivity index (χ4v) is 5.60. The van der Waals surface area contributed by atoms with Gasteiger partial charge in [-0.1, -0.05) is 29.8 Å². The average molecular weight is 364 g/mol. The molecule has 4 aliphatic heterocycles. The zero-order chi connectivity index (χ0) is 18.5. The molecule has 140 valence electrons. The molecule has 0 N–H and O–H groups in total. The summed E-state index contributed by atoms with van der Waals surface area (Å²) in [5.41, 5.74) is 3.05. The first-order valence-corrected chi connectivity index (χ1v) is 9.99. The van der Waals surface area contributed by atoms with Gasteiger partial charge in [-0.25, -0.2) is 4.39 Å². The Hall–Kier alpha value is -2.20. The van der Waals surface area contributed by atoms with Gasteiger partial charge in [0.2, 0.25) is 0 Å². The molecule has 0 aliphatic carbocycles. The number of halogens is 1. The monoisotopic (exact) mass is 364 g/mol. The zero-order valence-corrected chi connectivity index (χ0v) is 15.6. The van der Waals surface area contributed by atoms with E-state index < -0.39 is 0 Å². The predicted molar refractivity (Wildman–Crippen MR) is 103 cm³/mol. The lowest BCUT2D eigenvalue weighted by Gasteiger charge is -2.51. The highest BCUT2D eigenvalue weighted by molar-refractivity contribution is 5.95. The molecule has 0 aromatic heterocycles. The summed E-state index contributed by atoms with van der Waals surface area (Å²) in [6.07, 6.45) is 2.35. The number of hydrogen-bond donors (Lipinski definition) is 0. The van der Waals surface area contributed by atoms with E-state index in [0.717, 1.165) is 36.3 Å². The van der Waals surface area contributed by atoms with E-state index in [4.69, 9.17) is 0 Å². The molecule has 27 heavy (non-hydrogen) atoms. The van der Waals surface area contributed by atoms with Crippen LogP contribution in [0.15, 0.2) is 48.5 Å². The number of rotatable bonds is 2. The lowest BCUT2D eigenvalue weighted by Crippen LogP contribution is -2.60. The van der Waals surface area contributed by atoms with Crippen molar-refractivity contribution in [2.24, 2.45) is 5.92 Å². The highest BCUT2D eigenvalue weighted by atomic mass is 19.1.